The molecule has 0 aromatic heterocycles. The fraction of sp³-hybridized carbons (Fsp3) is 0.632. The van der Waals surface area contributed by atoms with Crippen LogP contribution in [0, 0.1) is 11.2 Å². The minimum absolute atomic E-state index is 0. The highest BCUT2D eigenvalue weighted by Gasteiger charge is 2.32. The Morgan fingerprint density at radius 3 is 2.61 bits per heavy atom. The van der Waals surface area contributed by atoms with Crippen LogP contribution in [0.2, 0.25) is 5.02 Å². The zero-order valence-electron chi connectivity index (χ0n) is 16.7. The maximum absolute atomic E-state index is 14.5. The molecule has 2 unspecified atom stereocenters. The molecule has 1 fully saturated rings. The molecule has 3 N–H and O–H groups in total. The second-order valence-electron chi connectivity index (χ2n) is 7.92. The highest BCUT2D eigenvalue weighted by Crippen LogP contribution is 2.31. The smallest absolute Gasteiger partial charge is 0.237 e. The fourth-order valence-corrected chi connectivity index (χ4v) is 3.36. The summed E-state index contributed by atoms with van der Waals surface area (Å²) < 4.78 is 20.1. The third-order valence-corrected chi connectivity index (χ3v) is 5.06. The van der Waals surface area contributed by atoms with Crippen molar-refractivity contribution in [1.82, 2.24) is 10.2 Å². The van der Waals surface area contributed by atoms with Gasteiger partial charge in [0, 0.05) is 30.2 Å². The summed E-state index contributed by atoms with van der Waals surface area (Å²) in [4.78, 5) is 14.5. The van der Waals surface area contributed by atoms with Gasteiger partial charge in [0.1, 0.15) is 5.82 Å². The molecular formula is C19H31Cl3FN3O2. The third-order valence-electron chi connectivity index (χ3n) is 4.73. The number of nitrogens with zero attached hydrogens (tertiary/aromatic N) is 1. The number of hydrogen-bond acceptors (Lipinski definition) is 4. The Kier molecular flexibility index (Phi) is 11.3. The van der Waals surface area contributed by atoms with E-state index in [-0.39, 0.29) is 60.6 Å². The van der Waals surface area contributed by atoms with Crippen LogP contribution in [0.15, 0.2) is 18.2 Å². The van der Waals surface area contributed by atoms with Gasteiger partial charge in [-0.05, 0) is 24.5 Å². The van der Waals surface area contributed by atoms with Crippen molar-refractivity contribution in [2.75, 3.05) is 26.2 Å². The van der Waals surface area contributed by atoms with Gasteiger partial charge in [-0.3, -0.25) is 9.69 Å². The Hall–Kier alpha value is -0.630. The summed E-state index contributed by atoms with van der Waals surface area (Å²) in [6, 6.07) is 3.60. The molecule has 1 heterocycles. The average molecular weight is 459 g/mol. The number of nitrogens with one attached hydrogen (secondary N) is 1. The number of benzene rings is 1. The molecule has 1 aromatic carbocycles. The van der Waals surface area contributed by atoms with E-state index in [9.17, 15) is 9.18 Å². The maximum atomic E-state index is 14.5. The molecule has 1 saturated heterocycles. The first kappa shape index (κ1) is 27.4. The van der Waals surface area contributed by atoms with Crippen molar-refractivity contribution in [1.29, 1.82) is 0 Å². The molecule has 1 aliphatic heterocycles. The number of ether oxygens (including phenoxy) is 1. The largest absolute Gasteiger partial charge is 0.376 e. The number of amides is 1. The second kappa shape index (κ2) is 11.5. The van der Waals surface area contributed by atoms with Crippen LogP contribution < -0.4 is 11.1 Å². The zero-order valence-corrected chi connectivity index (χ0v) is 19.1. The normalized spacial score (nSPS) is 19.8. The third kappa shape index (κ3) is 7.01. The van der Waals surface area contributed by atoms with Crippen LogP contribution >= 0.6 is 36.4 Å². The van der Waals surface area contributed by atoms with Gasteiger partial charge in [0.2, 0.25) is 5.91 Å². The van der Waals surface area contributed by atoms with Crippen LogP contribution in [-0.4, -0.2) is 49.2 Å². The summed E-state index contributed by atoms with van der Waals surface area (Å²) in [5.41, 5.74) is 6.07. The first-order chi connectivity index (χ1) is 12.1. The van der Waals surface area contributed by atoms with Crippen LogP contribution in [0.4, 0.5) is 4.39 Å². The minimum atomic E-state index is -0.650. The van der Waals surface area contributed by atoms with Crippen molar-refractivity contribution in [2.24, 2.45) is 11.1 Å². The first-order valence-corrected chi connectivity index (χ1v) is 9.32. The summed E-state index contributed by atoms with van der Waals surface area (Å²) >= 11 is 6.30. The number of morpholine rings is 1. The van der Waals surface area contributed by atoms with E-state index in [1.807, 2.05) is 27.7 Å². The lowest BCUT2D eigenvalue weighted by Crippen LogP contribution is -2.52. The van der Waals surface area contributed by atoms with Crippen molar-refractivity contribution in [2.45, 2.75) is 45.9 Å². The number of halogens is 4. The quantitative estimate of drug-likeness (QED) is 0.708. The van der Waals surface area contributed by atoms with Gasteiger partial charge in [0.15, 0.2) is 0 Å². The van der Waals surface area contributed by atoms with Gasteiger partial charge < -0.3 is 15.8 Å². The van der Waals surface area contributed by atoms with Gasteiger partial charge in [-0.1, -0.05) is 38.4 Å². The van der Waals surface area contributed by atoms with Crippen LogP contribution in [-0.2, 0) is 9.53 Å². The Labute approximate surface area is 184 Å². The lowest BCUT2D eigenvalue weighted by molar-refractivity contribution is -0.125. The lowest BCUT2D eigenvalue weighted by atomic mass is 9.87. The number of nitrogens with two attached hydrogens (primary N) is 1. The van der Waals surface area contributed by atoms with Crippen molar-refractivity contribution in [3.05, 3.63) is 34.6 Å². The number of hydrogen-bond donors (Lipinski definition) is 2. The van der Waals surface area contributed by atoms with Crippen molar-refractivity contribution < 1.29 is 13.9 Å². The molecule has 0 bridgehead atoms. The van der Waals surface area contributed by atoms with E-state index < -0.39 is 6.04 Å². The highest BCUT2D eigenvalue weighted by molar-refractivity contribution is 6.31. The predicted octanol–water partition coefficient (Wildman–Crippen LogP) is 3.57. The lowest BCUT2D eigenvalue weighted by Gasteiger charge is -2.38. The molecule has 5 nitrogen and oxygen atoms in total. The minimum Gasteiger partial charge on any atom is -0.376 e. The van der Waals surface area contributed by atoms with Crippen molar-refractivity contribution in [3.63, 3.8) is 0 Å². The van der Waals surface area contributed by atoms with E-state index in [1.165, 1.54) is 6.07 Å². The van der Waals surface area contributed by atoms with Gasteiger partial charge >= 0.3 is 0 Å². The predicted molar refractivity (Wildman–Crippen MR) is 116 cm³/mol. The van der Waals surface area contributed by atoms with E-state index in [2.05, 4.69) is 10.2 Å². The van der Waals surface area contributed by atoms with Gasteiger partial charge in [0.05, 0.1) is 24.8 Å². The van der Waals surface area contributed by atoms with E-state index in [0.717, 1.165) is 0 Å². The molecule has 2 rings (SSSR count). The van der Waals surface area contributed by atoms with Gasteiger partial charge in [-0.2, -0.15) is 0 Å². The van der Waals surface area contributed by atoms with E-state index in [4.69, 9.17) is 22.1 Å². The first-order valence-electron chi connectivity index (χ1n) is 8.94. The molecule has 1 aliphatic rings. The molecule has 1 amide bonds. The SMILES string of the molecule is CC1CN(C(CNC(=O)[C@@H](N)C(C)(C)C)c2c(F)cccc2Cl)CCO1.Cl.Cl. The summed E-state index contributed by atoms with van der Waals surface area (Å²) in [5, 5.41) is 3.23. The molecule has 9 heteroatoms. The summed E-state index contributed by atoms with van der Waals surface area (Å²) in [5.74, 6) is -0.632. The topological polar surface area (TPSA) is 67.6 Å². The second-order valence-corrected chi connectivity index (χ2v) is 8.32. The molecule has 3 atom stereocenters. The average Bonchev–Trinajstić information content (AvgIpc) is 2.55. The number of carbonyl (C=O) groups is 1. The van der Waals surface area contributed by atoms with Gasteiger partial charge in [-0.15, -0.1) is 24.8 Å². The summed E-state index contributed by atoms with van der Waals surface area (Å²) in [7, 11) is 0. The monoisotopic (exact) mass is 457 g/mol. The number of rotatable bonds is 5. The summed E-state index contributed by atoms with van der Waals surface area (Å²) in [6.07, 6.45) is 0.0318. The van der Waals surface area contributed by atoms with E-state index in [1.54, 1.807) is 12.1 Å². The summed E-state index contributed by atoms with van der Waals surface area (Å²) in [6.45, 7) is 9.76. The Morgan fingerprint density at radius 2 is 2.07 bits per heavy atom. The van der Waals surface area contributed by atoms with Crippen LogP contribution in [0.5, 0.6) is 0 Å². The zero-order chi connectivity index (χ0) is 19.5. The molecule has 0 spiro atoms. The number of carbonyl (C=O) groups excluding carboxylic acids is 1. The van der Waals surface area contributed by atoms with Gasteiger partial charge in [-0.25, -0.2) is 4.39 Å². The molecule has 0 saturated carbocycles. The molecular weight excluding hydrogens is 428 g/mol. The molecule has 28 heavy (non-hydrogen) atoms. The molecule has 162 valence electrons. The Balaban J connectivity index is 0.00000364. The fourth-order valence-electron chi connectivity index (χ4n) is 3.07. The van der Waals surface area contributed by atoms with Gasteiger partial charge in [0.25, 0.3) is 0 Å². The Bertz CT molecular complexity index is 623. The van der Waals surface area contributed by atoms with Crippen LogP contribution in [0.3, 0.4) is 0 Å². The van der Waals surface area contributed by atoms with E-state index in [0.29, 0.717) is 30.3 Å². The van der Waals surface area contributed by atoms with Crippen molar-refractivity contribution >= 4 is 42.3 Å². The van der Waals surface area contributed by atoms with E-state index >= 15 is 0 Å². The molecule has 0 aliphatic carbocycles. The standard InChI is InChI=1S/C19H29ClFN3O2.2ClH/c1-12-11-24(8-9-26-12)15(16-13(20)6-5-7-14(16)21)10-23-18(25)17(22)19(2,3)4;;/h5-7,12,15,17H,8-11,22H2,1-4H3,(H,23,25);2*1H/t12?,15?,17-;;/m1../s1. The van der Waals surface area contributed by atoms with Crippen LogP contribution in [0.1, 0.15) is 39.3 Å². The Morgan fingerprint density at radius 1 is 1.43 bits per heavy atom. The maximum Gasteiger partial charge on any atom is 0.237 e. The van der Waals surface area contributed by atoms with Crippen LogP contribution in [0.25, 0.3) is 0 Å². The highest BCUT2D eigenvalue weighted by atomic mass is 35.5. The van der Waals surface area contributed by atoms with Crippen molar-refractivity contribution in [3.8, 4) is 0 Å². The molecule has 0 radical (unpaired) electrons. The molecule has 1 aromatic rings.